The molecule has 9 heteroatoms. The Morgan fingerprint density at radius 1 is 1.45 bits per heavy atom. The topological polar surface area (TPSA) is 114 Å². The highest BCUT2D eigenvalue weighted by Gasteiger charge is 2.39. The summed E-state index contributed by atoms with van der Waals surface area (Å²) >= 11 is 0. The molecule has 1 N–H and O–H groups in total. The first-order valence-electron chi connectivity index (χ1n) is 6.66. The van der Waals surface area contributed by atoms with E-state index in [4.69, 9.17) is 10.8 Å². The van der Waals surface area contributed by atoms with Gasteiger partial charge in [-0.05, 0) is 6.92 Å². The molecule has 2 rings (SSSR count). The molecule has 1 aliphatic rings. The van der Waals surface area contributed by atoms with Crippen LogP contribution in [-0.2, 0) is 20.6 Å². The van der Waals surface area contributed by atoms with Crippen molar-refractivity contribution in [1.82, 2.24) is 9.71 Å². The lowest BCUT2D eigenvalue weighted by molar-refractivity contribution is -0.119. The molecule has 22 heavy (non-hydrogen) atoms. The minimum absolute atomic E-state index is 0.00853. The van der Waals surface area contributed by atoms with Gasteiger partial charge in [-0.2, -0.15) is 10.2 Å². The van der Waals surface area contributed by atoms with Gasteiger partial charge < -0.3 is 4.42 Å². The zero-order chi connectivity index (χ0) is 16.2. The van der Waals surface area contributed by atoms with E-state index in [0.29, 0.717) is 25.0 Å². The molecule has 8 nitrogen and oxygen atoms in total. The molecule has 1 aromatic heterocycles. The smallest absolute Gasteiger partial charge is 0.240 e. The Bertz CT molecular complexity index is 723. The van der Waals surface area contributed by atoms with Gasteiger partial charge in [0.2, 0.25) is 15.9 Å². The molecule has 0 saturated heterocycles. The van der Waals surface area contributed by atoms with Crippen LogP contribution in [-0.4, -0.2) is 25.0 Å². The summed E-state index contributed by atoms with van der Waals surface area (Å²) in [4.78, 5) is 15.6. The van der Waals surface area contributed by atoms with Crippen LogP contribution in [0.25, 0.3) is 0 Å². The Balaban J connectivity index is 1.81. The molecule has 2 heterocycles. The Labute approximate surface area is 128 Å². The van der Waals surface area contributed by atoms with Gasteiger partial charge in [0.15, 0.2) is 12.1 Å². The van der Waals surface area contributed by atoms with Crippen LogP contribution < -0.4 is 4.72 Å². The summed E-state index contributed by atoms with van der Waals surface area (Å²) in [5.74, 6) is 1.89. The number of aromatic nitrogens is 1. The average Bonchev–Trinajstić information content (AvgIpc) is 3.12. The molecule has 0 unspecified atom stereocenters. The third-order valence-corrected chi connectivity index (χ3v) is 4.44. The number of aryl methyl sites for hydroxylation is 1. The summed E-state index contributed by atoms with van der Waals surface area (Å²) in [5.41, 5.74) is -0.325. The number of carbonyl (C=O) groups is 1. The van der Waals surface area contributed by atoms with Gasteiger partial charge in [-0.25, -0.2) is 13.4 Å². The van der Waals surface area contributed by atoms with Gasteiger partial charge >= 0.3 is 0 Å². The van der Waals surface area contributed by atoms with Crippen molar-refractivity contribution in [2.45, 2.75) is 44.0 Å². The second kappa shape index (κ2) is 6.27. The lowest BCUT2D eigenvalue weighted by atomic mass is 10.0. The normalized spacial score (nSPS) is 15.3. The van der Waals surface area contributed by atoms with Crippen molar-refractivity contribution < 1.29 is 17.6 Å². The van der Waals surface area contributed by atoms with Crippen molar-refractivity contribution in [3.05, 3.63) is 17.8 Å². The predicted octanol–water partition coefficient (Wildman–Crippen LogP) is 1.28. The fraction of sp³-hybridized carbons (Fsp3) is 0.538. The Hall–Kier alpha value is -2.21. The molecular formula is C13H16N4O4S. The van der Waals surface area contributed by atoms with Crippen molar-refractivity contribution in [3.63, 3.8) is 0 Å². The van der Waals surface area contributed by atoms with Gasteiger partial charge in [0.25, 0.3) is 0 Å². The van der Waals surface area contributed by atoms with Crippen molar-refractivity contribution in [3.8, 4) is 12.3 Å². The van der Waals surface area contributed by atoms with Crippen molar-refractivity contribution in [1.29, 1.82) is 0 Å². The second-order valence-corrected chi connectivity index (χ2v) is 6.75. The first-order chi connectivity index (χ1) is 10.4. The monoisotopic (exact) mass is 324 g/mol. The molecule has 1 aliphatic heterocycles. The summed E-state index contributed by atoms with van der Waals surface area (Å²) in [6, 6.07) is 0. The predicted molar refractivity (Wildman–Crippen MR) is 76.9 cm³/mol. The maximum atomic E-state index is 11.9. The highest BCUT2D eigenvalue weighted by atomic mass is 32.2. The van der Waals surface area contributed by atoms with Gasteiger partial charge in [-0.3, -0.25) is 9.52 Å². The zero-order valence-corrected chi connectivity index (χ0v) is 12.9. The van der Waals surface area contributed by atoms with E-state index in [2.05, 4.69) is 21.1 Å². The minimum atomic E-state index is -3.81. The van der Waals surface area contributed by atoms with Crippen molar-refractivity contribution in [2.24, 2.45) is 10.2 Å². The van der Waals surface area contributed by atoms with Gasteiger partial charge in [0, 0.05) is 25.7 Å². The molecule has 0 spiro atoms. The fourth-order valence-corrected chi connectivity index (χ4v) is 3.05. The van der Waals surface area contributed by atoms with Crippen molar-refractivity contribution in [2.75, 3.05) is 0 Å². The maximum absolute atomic E-state index is 11.9. The molecule has 0 saturated carbocycles. The number of nitrogens with one attached hydrogen (secondary N) is 1. The SMILES string of the molecule is C#CCCC1(CCC(=O)NS(=O)(=O)Cc2ncoc2C)N=N1. The van der Waals surface area contributed by atoms with Crippen LogP contribution in [0, 0.1) is 19.3 Å². The van der Waals surface area contributed by atoms with E-state index >= 15 is 0 Å². The second-order valence-electron chi connectivity index (χ2n) is 5.03. The Morgan fingerprint density at radius 3 is 2.73 bits per heavy atom. The van der Waals surface area contributed by atoms with Crippen LogP contribution in [0.15, 0.2) is 21.0 Å². The number of nitrogens with zero attached hydrogens (tertiary/aromatic N) is 3. The molecule has 1 amide bonds. The lowest BCUT2D eigenvalue weighted by Gasteiger charge is -2.09. The maximum Gasteiger partial charge on any atom is 0.240 e. The number of sulfonamides is 1. The number of amides is 1. The van der Waals surface area contributed by atoms with Gasteiger partial charge in [-0.1, -0.05) is 0 Å². The number of carbonyl (C=O) groups excluding carboxylic acids is 1. The molecule has 0 aliphatic carbocycles. The third kappa shape index (κ3) is 4.39. The Kier molecular flexibility index (Phi) is 4.61. The number of oxazole rings is 1. The molecule has 0 radical (unpaired) electrons. The van der Waals surface area contributed by atoms with E-state index in [9.17, 15) is 13.2 Å². The quantitative estimate of drug-likeness (QED) is 0.724. The molecular weight excluding hydrogens is 308 g/mol. The summed E-state index contributed by atoms with van der Waals surface area (Å²) in [6.07, 6.45) is 7.77. The van der Waals surface area contributed by atoms with E-state index in [0.717, 1.165) is 6.39 Å². The van der Waals surface area contributed by atoms with E-state index in [1.54, 1.807) is 6.92 Å². The van der Waals surface area contributed by atoms with Crippen LogP contribution in [0.2, 0.25) is 0 Å². The lowest BCUT2D eigenvalue weighted by Crippen LogP contribution is -2.32. The summed E-state index contributed by atoms with van der Waals surface area (Å²) in [7, 11) is -3.81. The molecule has 0 fully saturated rings. The molecule has 0 bridgehead atoms. The van der Waals surface area contributed by atoms with E-state index in [-0.39, 0.29) is 12.1 Å². The van der Waals surface area contributed by atoms with Gasteiger partial charge in [-0.15, -0.1) is 12.3 Å². The molecule has 118 valence electrons. The number of terminal acetylenes is 1. The number of rotatable bonds is 8. The first kappa shape index (κ1) is 16.2. The van der Waals surface area contributed by atoms with Crippen LogP contribution in [0.4, 0.5) is 0 Å². The minimum Gasteiger partial charge on any atom is -0.448 e. The van der Waals surface area contributed by atoms with E-state index in [1.165, 1.54) is 0 Å². The summed E-state index contributed by atoms with van der Waals surface area (Å²) in [5, 5.41) is 7.78. The van der Waals surface area contributed by atoms with Gasteiger partial charge in [0.05, 0.1) is 5.69 Å². The average molecular weight is 324 g/mol. The highest BCUT2D eigenvalue weighted by molar-refractivity contribution is 7.89. The van der Waals surface area contributed by atoms with Crippen LogP contribution in [0.1, 0.15) is 37.1 Å². The molecule has 1 aromatic rings. The van der Waals surface area contributed by atoms with E-state index in [1.807, 2.05) is 4.72 Å². The molecule has 0 aromatic carbocycles. The number of hydrogen-bond acceptors (Lipinski definition) is 7. The first-order valence-corrected chi connectivity index (χ1v) is 8.31. The zero-order valence-electron chi connectivity index (χ0n) is 12.1. The highest BCUT2D eigenvalue weighted by Crippen LogP contribution is 2.37. The third-order valence-electron chi connectivity index (χ3n) is 3.25. The molecule has 0 atom stereocenters. The van der Waals surface area contributed by atoms with Crippen molar-refractivity contribution >= 4 is 15.9 Å². The number of hydrogen-bond donors (Lipinski definition) is 1. The standard InChI is InChI=1S/C13H16N4O4S/c1-3-4-6-13(16-17-13)7-5-12(18)15-22(19,20)8-11-10(2)21-9-14-11/h1,9H,4-8H2,2H3,(H,15,18). The van der Waals surface area contributed by atoms with Crippen LogP contribution in [0.3, 0.4) is 0 Å². The summed E-state index contributed by atoms with van der Waals surface area (Å²) in [6.45, 7) is 1.60. The van der Waals surface area contributed by atoms with Crippen LogP contribution in [0.5, 0.6) is 0 Å². The summed E-state index contributed by atoms with van der Waals surface area (Å²) < 4.78 is 30.7. The van der Waals surface area contributed by atoms with Crippen LogP contribution >= 0.6 is 0 Å². The largest absolute Gasteiger partial charge is 0.448 e. The van der Waals surface area contributed by atoms with Gasteiger partial charge in [0.1, 0.15) is 11.5 Å². The Morgan fingerprint density at radius 2 is 2.18 bits per heavy atom. The fourth-order valence-electron chi connectivity index (χ4n) is 1.89. The van der Waals surface area contributed by atoms with E-state index < -0.39 is 27.3 Å².